The van der Waals surface area contributed by atoms with Gasteiger partial charge in [0.15, 0.2) is 12.7 Å². The molecule has 0 bridgehead atoms. The molecule has 6 nitrogen and oxygen atoms in total. The number of carbonyl (C=O) groups excluding carboxylic acids is 2. The lowest BCUT2D eigenvalue weighted by atomic mass is 10.1. The van der Waals surface area contributed by atoms with Gasteiger partial charge in [-0.2, -0.15) is 0 Å². The molecule has 1 saturated heterocycles. The molecule has 0 aliphatic carbocycles. The number of rotatable bonds is 4. The molecule has 0 aromatic heterocycles. The molecule has 2 heterocycles. The van der Waals surface area contributed by atoms with Gasteiger partial charge >= 0.3 is 0 Å². The Balaban J connectivity index is 1.32. The highest BCUT2D eigenvalue weighted by Crippen LogP contribution is 2.34. The van der Waals surface area contributed by atoms with Crippen molar-refractivity contribution in [1.82, 2.24) is 4.90 Å². The highest BCUT2D eigenvalue weighted by molar-refractivity contribution is 5.98. The summed E-state index contributed by atoms with van der Waals surface area (Å²) in [7, 11) is 0. The van der Waals surface area contributed by atoms with Crippen molar-refractivity contribution in [1.29, 1.82) is 0 Å². The Labute approximate surface area is 187 Å². The summed E-state index contributed by atoms with van der Waals surface area (Å²) in [5.74, 6) is 0.936. The van der Waals surface area contributed by atoms with Gasteiger partial charge in [-0.3, -0.25) is 9.59 Å². The third-order valence-electron chi connectivity index (χ3n) is 6.10. The molecule has 0 N–H and O–H groups in total. The maximum atomic E-state index is 13.2. The SMILES string of the molecule is O=C(C1CN(C(=O)COc2ccc3ccccc3c2)c2ccccc2O1)N1CCCCC1. The highest BCUT2D eigenvalue weighted by Gasteiger charge is 2.36. The Morgan fingerprint density at radius 3 is 2.50 bits per heavy atom. The zero-order valence-electron chi connectivity index (χ0n) is 17.9. The lowest BCUT2D eigenvalue weighted by molar-refractivity contribution is -0.139. The fourth-order valence-electron chi connectivity index (χ4n) is 4.40. The Kier molecular flexibility index (Phi) is 5.67. The maximum Gasteiger partial charge on any atom is 0.265 e. The first-order chi connectivity index (χ1) is 15.7. The number of anilines is 1. The van der Waals surface area contributed by atoms with E-state index in [-0.39, 0.29) is 25.0 Å². The normalized spacial score (nSPS) is 18.1. The predicted molar refractivity (Wildman–Crippen MR) is 123 cm³/mol. The monoisotopic (exact) mass is 430 g/mol. The van der Waals surface area contributed by atoms with Gasteiger partial charge in [-0.05, 0) is 54.3 Å². The van der Waals surface area contributed by atoms with Crippen molar-refractivity contribution >= 4 is 28.3 Å². The van der Waals surface area contributed by atoms with E-state index in [1.54, 1.807) is 11.0 Å². The van der Waals surface area contributed by atoms with E-state index in [0.29, 0.717) is 17.2 Å². The maximum absolute atomic E-state index is 13.2. The zero-order valence-corrected chi connectivity index (χ0v) is 17.9. The van der Waals surface area contributed by atoms with Gasteiger partial charge in [0, 0.05) is 13.1 Å². The number of carbonyl (C=O) groups is 2. The minimum atomic E-state index is -0.701. The summed E-state index contributed by atoms with van der Waals surface area (Å²) in [6, 6.07) is 21.1. The molecule has 0 radical (unpaired) electrons. The van der Waals surface area contributed by atoms with Gasteiger partial charge in [0.05, 0.1) is 12.2 Å². The Morgan fingerprint density at radius 1 is 0.906 bits per heavy atom. The smallest absolute Gasteiger partial charge is 0.265 e. The van der Waals surface area contributed by atoms with Crippen molar-refractivity contribution in [3.05, 3.63) is 66.7 Å². The third-order valence-corrected chi connectivity index (χ3v) is 6.10. The summed E-state index contributed by atoms with van der Waals surface area (Å²) in [5.41, 5.74) is 0.669. The molecule has 0 saturated carbocycles. The van der Waals surface area contributed by atoms with Gasteiger partial charge in [0.2, 0.25) is 0 Å². The number of fused-ring (bicyclic) bond motifs is 2. The van der Waals surface area contributed by atoms with E-state index in [1.807, 2.05) is 65.6 Å². The number of nitrogens with zero attached hydrogens (tertiary/aromatic N) is 2. The number of piperidine rings is 1. The summed E-state index contributed by atoms with van der Waals surface area (Å²) in [6.45, 7) is 1.57. The van der Waals surface area contributed by atoms with Crippen LogP contribution in [0.4, 0.5) is 5.69 Å². The van der Waals surface area contributed by atoms with Crippen molar-refractivity contribution in [2.45, 2.75) is 25.4 Å². The molecule has 3 aromatic rings. The lowest BCUT2D eigenvalue weighted by Gasteiger charge is -2.37. The zero-order chi connectivity index (χ0) is 21.9. The van der Waals surface area contributed by atoms with E-state index in [0.717, 1.165) is 43.1 Å². The van der Waals surface area contributed by atoms with Crippen LogP contribution in [-0.2, 0) is 9.59 Å². The van der Waals surface area contributed by atoms with Crippen LogP contribution in [0.3, 0.4) is 0 Å². The average Bonchev–Trinajstić information content (AvgIpc) is 2.86. The molecule has 1 atom stereocenters. The van der Waals surface area contributed by atoms with Crippen molar-refractivity contribution < 1.29 is 19.1 Å². The van der Waals surface area contributed by atoms with Crippen LogP contribution in [0.15, 0.2) is 66.7 Å². The van der Waals surface area contributed by atoms with Crippen LogP contribution in [-0.4, -0.2) is 49.1 Å². The number of likely N-dealkylation sites (tertiary alicyclic amines) is 1. The molecule has 2 aliphatic heterocycles. The van der Waals surface area contributed by atoms with Crippen molar-refractivity contribution in [3.63, 3.8) is 0 Å². The molecular weight excluding hydrogens is 404 g/mol. The van der Waals surface area contributed by atoms with E-state index >= 15 is 0 Å². The van der Waals surface area contributed by atoms with E-state index in [9.17, 15) is 9.59 Å². The molecule has 0 spiro atoms. The summed E-state index contributed by atoms with van der Waals surface area (Å²) < 4.78 is 11.8. The van der Waals surface area contributed by atoms with Gasteiger partial charge in [-0.15, -0.1) is 0 Å². The van der Waals surface area contributed by atoms with E-state index in [2.05, 4.69) is 0 Å². The quantitative estimate of drug-likeness (QED) is 0.627. The Hall–Kier alpha value is -3.54. The number of benzene rings is 3. The first kappa shape index (κ1) is 20.4. The number of amides is 2. The van der Waals surface area contributed by atoms with Crippen molar-refractivity contribution in [2.75, 3.05) is 31.1 Å². The molecule has 164 valence electrons. The Morgan fingerprint density at radius 2 is 1.66 bits per heavy atom. The summed E-state index contributed by atoms with van der Waals surface area (Å²) >= 11 is 0. The molecule has 6 heteroatoms. The van der Waals surface area contributed by atoms with E-state index < -0.39 is 6.10 Å². The van der Waals surface area contributed by atoms with Crippen LogP contribution in [0.1, 0.15) is 19.3 Å². The molecule has 1 unspecified atom stereocenters. The van der Waals surface area contributed by atoms with Crippen LogP contribution >= 0.6 is 0 Å². The molecule has 1 fully saturated rings. The van der Waals surface area contributed by atoms with Crippen LogP contribution in [0, 0.1) is 0 Å². The average molecular weight is 431 g/mol. The van der Waals surface area contributed by atoms with Gasteiger partial charge in [-0.25, -0.2) is 0 Å². The molecular formula is C26H26N2O4. The minimum absolute atomic E-state index is 0.0487. The standard InChI is InChI=1S/C26H26N2O4/c29-25(18-31-21-13-12-19-8-2-3-9-20(19)16-21)28-17-24(26(30)27-14-6-1-7-15-27)32-23-11-5-4-10-22(23)28/h2-5,8-13,16,24H,1,6-7,14-15,17-18H2. The molecule has 2 amide bonds. The van der Waals surface area contributed by atoms with Crippen LogP contribution in [0.5, 0.6) is 11.5 Å². The van der Waals surface area contributed by atoms with Gasteiger partial charge in [0.1, 0.15) is 11.5 Å². The summed E-state index contributed by atoms with van der Waals surface area (Å²) in [5, 5.41) is 2.17. The lowest BCUT2D eigenvalue weighted by Crippen LogP contribution is -2.53. The minimum Gasteiger partial charge on any atom is -0.484 e. The largest absolute Gasteiger partial charge is 0.484 e. The fraction of sp³-hybridized carbons (Fsp3) is 0.308. The molecule has 3 aromatic carbocycles. The van der Waals surface area contributed by atoms with E-state index in [4.69, 9.17) is 9.47 Å². The Bertz CT molecular complexity index is 1140. The number of hydrogen-bond acceptors (Lipinski definition) is 4. The molecule has 5 rings (SSSR count). The van der Waals surface area contributed by atoms with Crippen molar-refractivity contribution in [3.8, 4) is 11.5 Å². The first-order valence-electron chi connectivity index (χ1n) is 11.2. The predicted octanol–water partition coefficient (Wildman–Crippen LogP) is 4.03. The van der Waals surface area contributed by atoms with Gasteiger partial charge in [0.25, 0.3) is 11.8 Å². The topological polar surface area (TPSA) is 59.1 Å². The van der Waals surface area contributed by atoms with E-state index in [1.165, 1.54) is 0 Å². The summed E-state index contributed by atoms with van der Waals surface area (Å²) in [6.07, 6.45) is 2.47. The first-order valence-corrected chi connectivity index (χ1v) is 11.2. The number of ether oxygens (including phenoxy) is 2. The third kappa shape index (κ3) is 4.13. The van der Waals surface area contributed by atoms with Crippen LogP contribution < -0.4 is 14.4 Å². The summed E-state index contributed by atoms with van der Waals surface area (Å²) in [4.78, 5) is 29.7. The van der Waals surface area contributed by atoms with Gasteiger partial charge in [-0.1, -0.05) is 42.5 Å². The fourth-order valence-corrected chi connectivity index (χ4v) is 4.40. The molecule has 2 aliphatic rings. The van der Waals surface area contributed by atoms with Crippen LogP contribution in [0.2, 0.25) is 0 Å². The van der Waals surface area contributed by atoms with Crippen LogP contribution in [0.25, 0.3) is 10.8 Å². The second kappa shape index (κ2) is 8.91. The highest BCUT2D eigenvalue weighted by atomic mass is 16.5. The second-order valence-corrected chi connectivity index (χ2v) is 8.26. The second-order valence-electron chi connectivity index (χ2n) is 8.26. The number of para-hydroxylation sites is 2. The number of hydrogen-bond donors (Lipinski definition) is 0. The van der Waals surface area contributed by atoms with Crippen molar-refractivity contribution in [2.24, 2.45) is 0 Å². The van der Waals surface area contributed by atoms with Gasteiger partial charge < -0.3 is 19.3 Å². The molecule has 32 heavy (non-hydrogen) atoms.